The fourth-order valence-electron chi connectivity index (χ4n) is 9.86. The van der Waals surface area contributed by atoms with Crippen LogP contribution in [0, 0.1) is 0 Å². The van der Waals surface area contributed by atoms with Crippen molar-refractivity contribution in [3.05, 3.63) is 120 Å². The fourth-order valence-corrected chi connectivity index (χ4v) is 9.86. The summed E-state index contributed by atoms with van der Waals surface area (Å²) in [5.41, 5.74) is 0.585. The minimum absolute atomic E-state index is 0.143. The zero-order valence-corrected chi connectivity index (χ0v) is 50.2. The smallest absolute Gasteiger partial charge is 0.338 e. The number of carbonyl (C=O) groups is 6. The predicted octanol–water partition coefficient (Wildman–Crippen LogP) is 13.4. The second kappa shape index (κ2) is 43.7. The molecular formula is C67H97NO15. The molecule has 0 saturated carbocycles. The van der Waals surface area contributed by atoms with Gasteiger partial charge >= 0.3 is 29.8 Å². The Hall–Kier alpha value is -5.94. The molecule has 16 nitrogen and oxygen atoms in total. The summed E-state index contributed by atoms with van der Waals surface area (Å²) >= 11 is 0. The maximum Gasteiger partial charge on any atom is 0.338 e. The third-order valence-corrected chi connectivity index (χ3v) is 14.7. The molecule has 7 atom stereocenters. The van der Waals surface area contributed by atoms with Crippen molar-refractivity contribution in [3.8, 4) is 0 Å². The molecule has 1 saturated heterocycles. The van der Waals surface area contributed by atoms with E-state index in [0.717, 1.165) is 44.9 Å². The van der Waals surface area contributed by atoms with Gasteiger partial charge in [-0.3, -0.25) is 4.79 Å². The van der Waals surface area contributed by atoms with Gasteiger partial charge in [-0.2, -0.15) is 0 Å². The zero-order valence-electron chi connectivity index (χ0n) is 50.2. The first-order valence-corrected chi connectivity index (χ1v) is 30.9. The number of methoxy groups -OCH3 is 2. The predicted molar refractivity (Wildman–Crippen MR) is 319 cm³/mol. The maximum absolute atomic E-state index is 14.2. The number of rotatable bonds is 45. The molecule has 0 bridgehead atoms. The van der Waals surface area contributed by atoms with Crippen LogP contribution in [0.5, 0.6) is 0 Å². The number of hydrogen-bond donors (Lipinski definition) is 1. The van der Waals surface area contributed by atoms with Gasteiger partial charge in [-0.15, -0.1) is 0 Å². The Morgan fingerprint density at radius 1 is 0.506 bits per heavy atom. The molecule has 1 N–H and O–H groups in total. The van der Waals surface area contributed by atoms with Crippen LogP contribution >= 0.6 is 0 Å². The highest BCUT2D eigenvalue weighted by Crippen LogP contribution is 2.32. The molecular weight excluding hydrogens is 1060 g/mol. The first kappa shape index (κ1) is 69.6. The van der Waals surface area contributed by atoms with Gasteiger partial charge < -0.3 is 47.9 Å². The van der Waals surface area contributed by atoms with Crippen molar-refractivity contribution in [2.24, 2.45) is 0 Å². The number of ether oxygens (including phenoxy) is 9. The Kier molecular flexibility index (Phi) is 36.6. The highest BCUT2D eigenvalue weighted by atomic mass is 16.7. The average Bonchev–Trinajstić information content (AvgIpc) is 3.70. The number of hydrogen-bond acceptors (Lipinski definition) is 15. The molecule has 0 spiro atoms. The van der Waals surface area contributed by atoms with Crippen molar-refractivity contribution >= 4 is 35.8 Å². The van der Waals surface area contributed by atoms with Gasteiger partial charge in [0.1, 0.15) is 31.5 Å². The van der Waals surface area contributed by atoms with E-state index >= 15 is 0 Å². The molecule has 3 aromatic rings. The van der Waals surface area contributed by atoms with Crippen molar-refractivity contribution in [2.45, 2.75) is 224 Å². The number of allylic oxidation sites excluding steroid dienone is 1. The minimum atomic E-state index is -1.63. The molecule has 460 valence electrons. The van der Waals surface area contributed by atoms with Crippen LogP contribution in [0.2, 0.25) is 0 Å². The van der Waals surface area contributed by atoms with E-state index in [9.17, 15) is 28.8 Å². The Balaban J connectivity index is 1.67. The van der Waals surface area contributed by atoms with Crippen molar-refractivity contribution in [2.75, 3.05) is 40.6 Å². The molecule has 16 heteroatoms. The Morgan fingerprint density at radius 3 is 1.42 bits per heavy atom. The van der Waals surface area contributed by atoms with E-state index in [1.54, 1.807) is 84.9 Å². The second-order valence-corrected chi connectivity index (χ2v) is 21.4. The molecule has 1 amide bonds. The third-order valence-electron chi connectivity index (χ3n) is 14.7. The maximum atomic E-state index is 14.2. The first-order chi connectivity index (χ1) is 40.6. The van der Waals surface area contributed by atoms with E-state index in [4.69, 9.17) is 42.6 Å². The summed E-state index contributed by atoms with van der Waals surface area (Å²) in [5.74, 6) is -4.09. The lowest BCUT2D eigenvalue weighted by Gasteiger charge is -2.45. The molecule has 1 aliphatic rings. The molecule has 4 rings (SSSR count). The summed E-state index contributed by atoms with van der Waals surface area (Å²) in [7, 11) is 2.38. The van der Waals surface area contributed by atoms with Gasteiger partial charge in [-0.05, 0) is 61.7 Å². The minimum Gasteiger partial charge on any atom is -0.467 e. The van der Waals surface area contributed by atoms with Gasteiger partial charge in [0.15, 0.2) is 18.5 Å². The SMILES string of the molecule is CCCCCCCCCCCCC/C=C/[C@@H](OC(=O)c1ccccc1)[C@H](CO[C@H]1O[C@H](COCC(=O)OC)[C@H](OCC(=O)OC)[C@H](OC(=O)c2ccccc2)[C@H]1OC(=O)c1ccccc1)NC(=O)CCCCCCCCCCCCCCC. The zero-order chi connectivity index (χ0) is 59.5. The average molecular weight is 1160 g/mol. The van der Waals surface area contributed by atoms with Gasteiger partial charge in [0.05, 0.1) is 50.2 Å². The molecule has 1 fully saturated rings. The summed E-state index contributed by atoms with van der Waals surface area (Å²) in [6.07, 6.45) is 24.1. The summed E-state index contributed by atoms with van der Waals surface area (Å²) in [4.78, 5) is 81.5. The third kappa shape index (κ3) is 28.9. The number of esters is 5. The van der Waals surface area contributed by atoms with E-state index in [1.807, 2.05) is 6.08 Å². The number of amides is 1. The van der Waals surface area contributed by atoms with E-state index in [-0.39, 0.29) is 23.5 Å². The van der Waals surface area contributed by atoms with Crippen molar-refractivity contribution < 1.29 is 71.4 Å². The molecule has 0 aromatic heterocycles. The molecule has 1 aliphatic heterocycles. The van der Waals surface area contributed by atoms with Gasteiger partial charge in [0.25, 0.3) is 0 Å². The number of carbonyl (C=O) groups excluding carboxylic acids is 6. The summed E-state index contributed by atoms with van der Waals surface area (Å²) in [5, 5.41) is 3.12. The Morgan fingerprint density at radius 2 is 0.940 bits per heavy atom. The van der Waals surface area contributed by atoms with Crippen LogP contribution in [-0.2, 0) is 57.0 Å². The van der Waals surface area contributed by atoms with Crippen LogP contribution in [0.3, 0.4) is 0 Å². The van der Waals surface area contributed by atoms with Crippen LogP contribution in [0.15, 0.2) is 103 Å². The van der Waals surface area contributed by atoms with E-state index in [2.05, 4.69) is 19.2 Å². The van der Waals surface area contributed by atoms with Gasteiger partial charge in [0.2, 0.25) is 5.91 Å². The van der Waals surface area contributed by atoms with Gasteiger partial charge in [-0.1, -0.05) is 216 Å². The van der Waals surface area contributed by atoms with E-state index < -0.39 is 99.1 Å². The number of benzene rings is 3. The largest absolute Gasteiger partial charge is 0.467 e. The standard InChI is InChI=1S/C67H97NO15/c1-5-7-9-11-13-15-17-19-21-23-25-27-38-46-56(80-64(72)52-40-32-29-33-41-52)55(68-58(69)47-39-28-26-24-22-20-18-16-14-12-10-8-6-2)48-79-67-63(83-66(74)54-44-36-31-37-45-54)62(82-65(73)53-42-34-30-35-43-53)61(78-51-60(71)76-4)57(81-67)49-77-50-59(70)75-3/h29-38,40-46,55-57,61-63,67H,5-28,39,47-51H2,1-4H3,(H,68,69)/b46-38+/t55-,56+,57+,61-,62-,63+,67-/m0/s1. The quantitative estimate of drug-likeness (QED) is 0.0242. The second-order valence-electron chi connectivity index (χ2n) is 21.4. The van der Waals surface area contributed by atoms with Crippen molar-refractivity contribution in [3.63, 3.8) is 0 Å². The molecule has 0 aliphatic carbocycles. The number of unbranched alkanes of at least 4 members (excludes halogenated alkanes) is 23. The Labute approximate surface area is 494 Å². The highest BCUT2D eigenvalue weighted by Gasteiger charge is 2.52. The van der Waals surface area contributed by atoms with Crippen LogP contribution in [0.25, 0.3) is 0 Å². The van der Waals surface area contributed by atoms with Crippen molar-refractivity contribution in [1.82, 2.24) is 5.32 Å². The molecule has 0 radical (unpaired) electrons. The summed E-state index contributed by atoms with van der Waals surface area (Å²) < 4.78 is 53.6. The van der Waals surface area contributed by atoms with Gasteiger partial charge in [0, 0.05) is 6.42 Å². The normalized spacial score (nSPS) is 17.5. The van der Waals surface area contributed by atoms with Crippen LogP contribution < -0.4 is 5.32 Å². The van der Waals surface area contributed by atoms with E-state index in [0.29, 0.717) is 18.4 Å². The highest BCUT2D eigenvalue weighted by molar-refractivity contribution is 5.91. The Bertz CT molecular complexity index is 2260. The van der Waals surface area contributed by atoms with Crippen LogP contribution in [0.1, 0.15) is 212 Å². The molecule has 1 heterocycles. The first-order valence-electron chi connectivity index (χ1n) is 30.9. The lowest BCUT2D eigenvalue weighted by Crippen LogP contribution is -2.63. The summed E-state index contributed by atoms with van der Waals surface area (Å²) in [6, 6.07) is 23.7. The van der Waals surface area contributed by atoms with E-state index in [1.165, 1.54) is 129 Å². The molecule has 83 heavy (non-hydrogen) atoms. The fraction of sp³-hybridized carbons (Fsp3) is 0.612. The summed E-state index contributed by atoms with van der Waals surface area (Å²) in [6.45, 7) is 2.50. The monoisotopic (exact) mass is 1160 g/mol. The topological polar surface area (TPSA) is 198 Å². The lowest BCUT2D eigenvalue weighted by atomic mass is 9.97. The number of nitrogens with one attached hydrogen (secondary N) is 1. The van der Waals surface area contributed by atoms with Crippen LogP contribution in [0.4, 0.5) is 0 Å². The van der Waals surface area contributed by atoms with Crippen LogP contribution in [-0.4, -0.2) is 119 Å². The van der Waals surface area contributed by atoms with Crippen molar-refractivity contribution in [1.29, 1.82) is 0 Å². The lowest BCUT2D eigenvalue weighted by molar-refractivity contribution is -0.308. The molecule has 3 aromatic carbocycles. The molecule has 0 unspecified atom stereocenters. The van der Waals surface area contributed by atoms with Gasteiger partial charge in [-0.25, -0.2) is 24.0 Å².